The normalized spacial score (nSPS) is 23.6. The third-order valence-electron chi connectivity index (χ3n) is 4.47. The third-order valence-corrected chi connectivity index (χ3v) is 5.05. The molecule has 0 amide bonds. The highest BCUT2D eigenvalue weighted by molar-refractivity contribution is 9.10. The van der Waals surface area contributed by atoms with E-state index in [2.05, 4.69) is 31.3 Å². The van der Waals surface area contributed by atoms with Crippen molar-refractivity contribution in [3.63, 3.8) is 0 Å². The van der Waals surface area contributed by atoms with Crippen LogP contribution in [0.25, 0.3) is 5.52 Å². The number of fused-ring (bicyclic) bond motifs is 1. The molecule has 6 nitrogen and oxygen atoms in total. The lowest BCUT2D eigenvalue weighted by molar-refractivity contribution is 0.0419. The van der Waals surface area contributed by atoms with Crippen molar-refractivity contribution in [1.29, 1.82) is 0 Å². The Morgan fingerprint density at radius 1 is 1.55 bits per heavy atom. The smallest absolute Gasteiger partial charge is 0.153 e. The number of anilines is 1. The van der Waals surface area contributed by atoms with Gasteiger partial charge in [0.15, 0.2) is 5.82 Å². The average Bonchev–Trinajstić information content (AvgIpc) is 2.95. The van der Waals surface area contributed by atoms with Crippen LogP contribution in [-0.2, 0) is 4.74 Å². The predicted octanol–water partition coefficient (Wildman–Crippen LogP) is 2.47. The van der Waals surface area contributed by atoms with Crippen LogP contribution in [0.2, 0.25) is 0 Å². The first-order valence-electron chi connectivity index (χ1n) is 7.61. The average molecular weight is 369 g/mol. The van der Waals surface area contributed by atoms with Gasteiger partial charge in [-0.25, -0.2) is 9.50 Å². The van der Waals surface area contributed by atoms with E-state index in [1.807, 2.05) is 0 Å². The summed E-state index contributed by atoms with van der Waals surface area (Å²) in [6.45, 7) is 0.0790. The summed E-state index contributed by atoms with van der Waals surface area (Å²) >= 11 is 3.50. The minimum absolute atomic E-state index is 0.0292. The Morgan fingerprint density at radius 3 is 3.18 bits per heavy atom. The van der Waals surface area contributed by atoms with Gasteiger partial charge in [0.2, 0.25) is 0 Å². The minimum Gasteiger partial charge on any atom is -0.394 e. The Labute approximate surface area is 138 Å². The lowest BCUT2D eigenvalue weighted by Gasteiger charge is -2.33. The fourth-order valence-corrected chi connectivity index (χ4v) is 3.72. The van der Waals surface area contributed by atoms with Crippen LogP contribution in [0.1, 0.15) is 25.7 Å². The number of aromatic nitrogens is 3. The van der Waals surface area contributed by atoms with Gasteiger partial charge in [0.05, 0.1) is 29.4 Å². The van der Waals surface area contributed by atoms with Gasteiger partial charge in [0.1, 0.15) is 5.52 Å². The van der Waals surface area contributed by atoms with Crippen molar-refractivity contribution in [1.82, 2.24) is 14.6 Å². The molecule has 1 saturated carbocycles. The van der Waals surface area contributed by atoms with Gasteiger partial charge in [-0.15, -0.1) is 0 Å². The van der Waals surface area contributed by atoms with Gasteiger partial charge >= 0.3 is 0 Å². The van der Waals surface area contributed by atoms with Gasteiger partial charge in [-0.2, -0.15) is 5.10 Å². The first kappa shape index (κ1) is 15.7. The van der Waals surface area contributed by atoms with Gasteiger partial charge in [-0.05, 0) is 41.1 Å². The highest BCUT2D eigenvalue weighted by Crippen LogP contribution is 2.31. The minimum atomic E-state index is -0.0292. The predicted molar refractivity (Wildman–Crippen MR) is 87.9 cm³/mol. The number of nitrogens with one attached hydrogen (secondary N) is 1. The summed E-state index contributed by atoms with van der Waals surface area (Å²) in [6, 6.07) is -0.0292. The molecule has 3 unspecified atom stereocenters. The zero-order valence-corrected chi connectivity index (χ0v) is 14.2. The maximum atomic E-state index is 9.83. The lowest BCUT2D eigenvalue weighted by Crippen LogP contribution is -2.37. The number of ether oxygens (including phenoxy) is 1. The molecule has 3 atom stereocenters. The first-order chi connectivity index (χ1) is 10.7. The molecule has 0 radical (unpaired) electrons. The van der Waals surface area contributed by atoms with E-state index < -0.39 is 0 Å². The molecule has 1 aliphatic rings. The summed E-state index contributed by atoms with van der Waals surface area (Å²) in [6.07, 6.45) is 9.86. The molecule has 2 N–H and O–H groups in total. The standard InChI is InChI=1S/C15H21BrN4O2/c1-22-11-4-2-3-10(7-11)13(9-21)19-15-14-12(16)8-18-20(14)6-5-17-15/h5-6,8,10-11,13,21H,2-4,7,9H2,1H3,(H,17,19). The lowest BCUT2D eigenvalue weighted by atomic mass is 9.82. The Morgan fingerprint density at radius 2 is 2.41 bits per heavy atom. The summed E-state index contributed by atoms with van der Waals surface area (Å²) in [5, 5.41) is 17.5. The Balaban J connectivity index is 1.81. The molecule has 0 aliphatic heterocycles. The quantitative estimate of drug-likeness (QED) is 0.847. The summed E-state index contributed by atoms with van der Waals surface area (Å²) in [5.74, 6) is 1.12. The van der Waals surface area contributed by atoms with E-state index in [9.17, 15) is 5.11 Å². The zero-order chi connectivity index (χ0) is 15.5. The third kappa shape index (κ3) is 3.11. The Kier molecular flexibility index (Phi) is 4.95. The molecule has 2 aromatic heterocycles. The summed E-state index contributed by atoms with van der Waals surface area (Å²) in [4.78, 5) is 4.42. The van der Waals surface area contributed by atoms with Crippen molar-refractivity contribution < 1.29 is 9.84 Å². The van der Waals surface area contributed by atoms with Gasteiger partial charge in [0, 0.05) is 19.5 Å². The largest absolute Gasteiger partial charge is 0.394 e. The van der Waals surface area contributed by atoms with Crippen LogP contribution in [0.15, 0.2) is 23.1 Å². The number of rotatable bonds is 5. The number of hydrogen-bond donors (Lipinski definition) is 2. The second kappa shape index (κ2) is 6.93. The van der Waals surface area contributed by atoms with Crippen LogP contribution < -0.4 is 5.32 Å². The number of methoxy groups -OCH3 is 1. The van der Waals surface area contributed by atoms with E-state index in [1.165, 1.54) is 0 Å². The zero-order valence-electron chi connectivity index (χ0n) is 12.6. The van der Waals surface area contributed by atoms with Crippen LogP contribution in [0.3, 0.4) is 0 Å². The molecule has 1 fully saturated rings. The topological polar surface area (TPSA) is 71.7 Å². The molecule has 1 aliphatic carbocycles. The van der Waals surface area contributed by atoms with E-state index in [0.29, 0.717) is 12.0 Å². The van der Waals surface area contributed by atoms with Crippen molar-refractivity contribution in [3.05, 3.63) is 23.1 Å². The second-order valence-electron chi connectivity index (χ2n) is 5.78. The fraction of sp³-hybridized carbons (Fsp3) is 0.600. The van der Waals surface area contributed by atoms with Crippen LogP contribution in [-0.4, -0.2) is 45.6 Å². The molecule has 0 saturated heterocycles. The fourth-order valence-electron chi connectivity index (χ4n) is 3.26. The maximum absolute atomic E-state index is 9.83. The molecule has 0 aromatic carbocycles. The van der Waals surface area contributed by atoms with Crippen molar-refractivity contribution in [2.45, 2.75) is 37.8 Å². The SMILES string of the molecule is COC1CCCC(C(CO)Nc2nccn3ncc(Br)c23)C1. The van der Waals surface area contributed by atoms with E-state index in [-0.39, 0.29) is 12.6 Å². The number of hydrogen-bond acceptors (Lipinski definition) is 5. The van der Waals surface area contributed by atoms with Crippen LogP contribution in [0, 0.1) is 5.92 Å². The molecule has 2 aromatic rings. The van der Waals surface area contributed by atoms with Crippen LogP contribution in [0.5, 0.6) is 0 Å². The van der Waals surface area contributed by atoms with E-state index in [4.69, 9.17) is 4.74 Å². The molecular weight excluding hydrogens is 348 g/mol. The van der Waals surface area contributed by atoms with Gasteiger partial charge in [-0.1, -0.05) is 6.42 Å². The van der Waals surface area contributed by atoms with Crippen LogP contribution >= 0.6 is 15.9 Å². The van der Waals surface area contributed by atoms with Gasteiger partial charge in [-0.3, -0.25) is 0 Å². The summed E-state index contributed by atoms with van der Waals surface area (Å²) in [5.41, 5.74) is 0.889. The molecule has 2 heterocycles. The van der Waals surface area contributed by atoms with Crippen molar-refractivity contribution in [2.24, 2.45) is 5.92 Å². The number of nitrogens with zero attached hydrogens (tertiary/aromatic N) is 3. The van der Waals surface area contributed by atoms with Crippen molar-refractivity contribution in [3.8, 4) is 0 Å². The second-order valence-corrected chi connectivity index (χ2v) is 6.63. The van der Waals surface area contributed by atoms with Crippen molar-refractivity contribution in [2.75, 3.05) is 19.0 Å². The highest BCUT2D eigenvalue weighted by Gasteiger charge is 2.29. The Hall–Kier alpha value is -1.18. The van der Waals surface area contributed by atoms with Crippen molar-refractivity contribution >= 4 is 27.3 Å². The molecule has 22 heavy (non-hydrogen) atoms. The number of halogens is 1. The monoisotopic (exact) mass is 368 g/mol. The molecule has 0 spiro atoms. The summed E-state index contributed by atoms with van der Waals surface area (Å²) < 4.78 is 8.15. The molecular formula is C15H21BrN4O2. The number of aliphatic hydroxyl groups is 1. The number of aliphatic hydroxyl groups excluding tert-OH is 1. The van der Waals surface area contributed by atoms with Gasteiger partial charge < -0.3 is 15.2 Å². The molecule has 3 rings (SSSR count). The first-order valence-corrected chi connectivity index (χ1v) is 8.40. The Bertz CT molecular complexity index is 633. The van der Waals surface area contributed by atoms with Crippen LogP contribution in [0.4, 0.5) is 5.82 Å². The molecule has 7 heteroatoms. The molecule has 0 bridgehead atoms. The van der Waals surface area contributed by atoms with E-state index in [0.717, 1.165) is 41.5 Å². The maximum Gasteiger partial charge on any atom is 0.153 e. The summed E-state index contributed by atoms with van der Waals surface area (Å²) in [7, 11) is 1.76. The van der Waals surface area contributed by atoms with Gasteiger partial charge in [0.25, 0.3) is 0 Å². The van der Waals surface area contributed by atoms with E-state index >= 15 is 0 Å². The highest BCUT2D eigenvalue weighted by atomic mass is 79.9. The van der Waals surface area contributed by atoms with E-state index in [1.54, 1.807) is 30.2 Å². The molecule has 120 valence electrons.